The number of rotatable bonds is 7. The van der Waals surface area contributed by atoms with Crippen molar-refractivity contribution in [3.05, 3.63) is 52.6 Å². The van der Waals surface area contributed by atoms with Crippen molar-refractivity contribution in [1.82, 2.24) is 14.7 Å². The summed E-state index contributed by atoms with van der Waals surface area (Å²) in [6, 6.07) is 7.58. The SMILES string of the molecule is Cc1nn(-c2ccc(F)cc2)c(Cl)c1/C=C/C(=O)OCC(=O)N(C)CCC#N. The molecular weight excluding hydrogens is 387 g/mol. The van der Waals surface area contributed by atoms with Crippen LogP contribution in [0.2, 0.25) is 5.15 Å². The van der Waals surface area contributed by atoms with Gasteiger partial charge in [0.2, 0.25) is 0 Å². The summed E-state index contributed by atoms with van der Waals surface area (Å²) in [5.41, 5.74) is 1.63. The molecule has 2 rings (SSSR count). The summed E-state index contributed by atoms with van der Waals surface area (Å²) in [5, 5.41) is 13.0. The zero-order valence-electron chi connectivity index (χ0n) is 15.4. The molecule has 0 aliphatic rings. The third-order valence-corrected chi connectivity index (χ3v) is 4.19. The number of benzene rings is 1. The fourth-order valence-electron chi connectivity index (χ4n) is 2.24. The molecule has 1 amide bonds. The number of aryl methyl sites for hydroxylation is 1. The summed E-state index contributed by atoms with van der Waals surface area (Å²) < 4.78 is 19.4. The van der Waals surface area contributed by atoms with Crippen molar-refractivity contribution in [2.45, 2.75) is 13.3 Å². The van der Waals surface area contributed by atoms with Crippen LogP contribution >= 0.6 is 11.6 Å². The van der Waals surface area contributed by atoms with E-state index in [0.717, 1.165) is 6.08 Å². The summed E-state index contributed by atoms with van der Waals surface area (Å²) in [7, 11) is 1.52. The van der Waals surface area contributed by atoms with E-state index in [9.17, 15) is 14.0 Å². The van der Waals surface area contributed by atoms with E-state index in [0.29, 0.717) is 16.9 Å². The Balaban J connectivity index is 2.02. The second kappa shape index (κ2) is 9.67. The van der Waals surface area contributed by atoms with Gasteiger partial charge in [-0.1, -0.05) is 11.6 Å². The Morgan fingerprint density at radius 3 is 2.71 bits per heavy atom. The molecule has 0 bridgehead atoms. The zero-order chi connectivity index (χ0) is 20.7. The molecule has 0 unspecified atom stereocenters. The maximum Gasteiger partial charge on any atom is 0.331 e. The largest absolute Gasteiger partial charge is 0.452 e. The average Bonchev–Trinajstić information content (AvgIpc) is 2.96. The summed E-state index contributed by atoms with van der Waals surface area (Å²) in [5.74, 6) is -1.50. The van der Waals surface area contributed by atoms with Crippen molar-refractivity contribution in [1.29, 1.82) is 5.26 Å². The highest BCUT2D eigenvalue weighted by Gasteiger charge is 2.14. The first kappa shape index (κ1) is 21.1. The number of nitrogens with zero attached hydrogens (tertiary/aromatic N) is 4. The van der Waals surface area contributed by atoms with Crippen LogP contribution in [0.4, 0.5) is 4.39 Å². The van der Waals surface area contributed by atoms with Gasteiger partial charge in [0.25, 0.3) is 5.91 Å². The fourth-order valence-corrected chi connectivity index (χ4v) is 2.57. The van der Waals surface area contributed by atoms with Crippen molar-refractivity contribution in [2.75, 3.05) is 20.2 Å². The molecule has 1 aromatic carbocycles. The lowest BCUT2D eigenvalue weighted by Gasteiger charge is -2.14. The lowest BCUT2D eigenvalue weighted by atomic mass is 10.2. The lowest BCUT2D eigenvalue weighted by molar-refractivity contribution is -0.147. The van der Waals surface area contributed by atoms with Gasteiger partial charge >= 0.3 is 5.97 Å². The topological polar surface area (TPSA) is 88.2 Å². The first-order valence-corrected chi connectivity index (χ1v) is 8.68. The highest BCUT2D eigenvalue weighted by Crippen LogP contribution is 2.24. The normalized spacial score (nSPS) is 10.7. The first-order valence-electron chi connectivity index (χ1n) is 8.30. The standard InChI is InChI=1S/C19H18ClFN4O3/c1-13-16(19(20)25(23-13)15-6-4-14(21)5-7-15)8-9-18(27)28-12-17(26)24(2)11-3-10-22/h4-9H,3,11-12H2,1-2H3/b9-8+. The van der Waals surface area contributed by atoms with Crippen molar-refractivity contribution < 1.29 is 18.7 Å². The van der Waals surface area contributed by atoms with Crippen LogP contribution in [0.15, 0.2) is 30.3 Å². The Morgan fingerprint density at radius 1 is 1.39 bits per heavy atom. The Kier molecular flexibility index (Phi) is 7.29. The maximum absolute atomic E-state index is 13.1. The van der Waals surface area contributed by atoms with Gasteiger partial charge < -0.3 is 9.64 Å². The minimum absolute atomic E-state index is 0.200. The Labute approximate surface area is 166 Å². The van der Waals surface area contributed by atoms with Gasteiger partial charge in [0, 0.05) is 25.2 Å². The molecule has 0 aliphatic heterocycles. The minimum atomic E-state index is -0.716. The van der Waals surface area contributed by atoms with Crippen molar-refractivity contribution in [3.63, 3.8) is 0 Å². The van der Waals surface area contributed by atoms with E-state index in [2.05, 4.69) is 5.10 Å². The molecule has 1 aromatic heterocycles. The first-order chi connectivity index (χ1) is 13.3. The van der Waals surface area contributed by atoms with Gasteiger partial charge in [-0.2, -0.15) is 10.4 Å². The quantitative estimate of drug-likeness (QED) is 0.523. The van der Waals surface area contributed by atoms with Crippen molar-refractivity contribution in [2.24, 2.45) is 0 Å². The van der Waals surface area contributed by atoms with Crippen LogP contribution in [0.1, 0.15) is 17.7 Å². The van der Waals surface area contributed by atoms with Crippen LogP contribution in [-0.4, -0.2) is 46.8 Å². The van der Waals surface area contributed by atoms with Crippen LogP contribution in [0.25, 0.3) is 11.8 Å². The summed E-state index contributed by atoms with van der Waals surface area (Å²) in [6.45, 7) is 1.55. The van der Waals surface area contributed by atoms with Gasteiger partial charge in [-0.25, -0.2) is 13.9 Å². The van der Waals surface area contributed by atoms with E-state index in [1.807, 2.05) is 6.07 Å². The number of carbonyl (C=O) groups is 2. The van der Waals surface area contributed by atoms with E-state index < -0.39 is 18.5 Å². The molecule has 146 valence electrons. The molecule has 0 atom stereocenters. The molecule has 0 radical (unpaired) electrons. The number of amides is 1. The molecule has 0 spiro atoms. The van der Waals surface area contributed by atoms with Crippen molar-refractivity contribution >= 4 is 29.6 Å². The second-order valence-corrected chi connectivity index (χ2v) is 6.20. The number of carbonyl (C=O) groups excluding carboxylic acids is 2. The summed E-state index contributed by atoms with van der Waals surface area (Å²) in [4.78, 5) is 24.9. The molecular formula is C19H18ClFN4O3. The lowest BCUT2D eigenvalue weighted by Crippen LogP contribution is -2.31. The summed E-state index contributed by atoms with van der Waals surface area (Å²) in [6.07, 6.45) is 2.79. The van der Waals surface area contributed by atoms with Crippen LogP contribution in [-0.2, 0) is 14.3 Å². The van der Waals surface area contributed by atoms with Crippen LogP contribution in [0.3, 0.4) is 0 Å². The molecule has 0 aliphatic carbocycles. The monoisotopic (exact) mass is 404 g/mol. The Bertz CT molecular complexity index is 932. The molecule has 0 N–H and O–H groups in total. The predicted octanol–water partition coefficient (Wildman–Crippen LogP) is 2.90. The minimum Gasteiger partial charge on any atom is -0.452 e. The zero-order valence-corrected chi connectivity index (χ0v) is 16.1. The van der Waals surface area contributed by atoms with Crippen LogP contribution < -0.4 is 0 Å². The number of aromatic nitrogens is 2. The van der Waals surface area contributed by atoms with E-state index in [1.165, 1.54) is 47.0 Å². The van der Waals surface area contributed by atoms with Gasteiger partial charge in [0.05, 0.1) is 23.9 Å². The molecule has 0 fully saturated rings. The van der Waals surface area contributed by atoms with E-state index in [-0.39, 0.29) is 23.9 Å². The van der Waals surface area contributed by atoms with E-state index in [1.54, 1.807) is 6.92 Å². The maximum atomic E-state index is 13.1. The molecule has 0 saturated heterocycles. The number of ether oxygens (including phenoxy) is 1. The molecule has 9 heteroatoms. The van der Waals surface area contributed by atoms with Gasteiger partial charge in [-0.3, -0.25) is 4.79 Å². The van der Waals surface area contributed by atoms with E-state index in [4.69, 9.17) is 21.6 Å². The van der Waals surface area contributed by atoms with Crippen molar-refractivity contribution in [3.8, 4) is 11.8 Å². The number of nitriles is 1. The Hall–Kier alpha value is -3.18. The molecule has 28 heavy (non-hydrogen) atoms. The average molecular weight is 405 g/mol. The third kappa shape index (κ3) is 5.41. The number of halogens is 2. The molecule has 0 saturated carbocycles. The third-order valence-electron chi connectivity index (χ3n) is 3.83. The van der Waals surface area contributed by atoms with Gasteiger partial charge in [-0.15, -0.1) is 0 Å². The molecule has 7 nitrogen and oxygen atoms in total. The number of hydrogen-bond donors (Lipinski definition) is 0. The summed E-state index contributed by atoms with van der Waals surface area (Å²) >= 11 is 6.32. The number of hydrogen-bond acceptors (Lipinski definition) is 5. The fraction of sp³-hybridized carbons (Fsp3) is 0.263. The van der Waals surface area contributed by atoms with Gasteiger partial charge in [0.15, 0.2) is 6.61 Å². The van der Waals surface area contributed by atoms with Crippen LogP contribution in [0, 0.1) is 24.1 Å². The predicted molar refractivity (Wildman–Crippen MR) is 101 cm³/mol. The van der Waals surface area contributed by atoms with Gasteiger partial charge in [0.1, 0.15) is 11.0 Å². The highest BCUT2D eigenvalue weighted by atomic mass is 35.5. The highest BCUT2D eigenvalue weighted by molar-refractivity contribution is 6.31. The number of likely N-dealkylation sites (N-methyl/N-ethyl adjacent to an activating group) is 1. The number of esters is 1. The molecule has 1 heterocycles. The van der Waals surface area contributed by atoms with Crippen LogP contribution in [0.5, 0.6) is 0 Å². The second-order valence-electron chi connectivity index (χ2n) is 5.84. The smallest absolute Gasteiger partial charge is 0.331 e. The Morgan fingerprint density at radius 2 is 2.07 bits per heavy atom. The van der Waals surface area contributed by atoms with Gasteiger partial charge in [-0.05, 0) is 37.3 Å². The van der Waals surface area contributed by atoms with E-state index >= 15 is 0 Å². The molecule has 2 aromatic rings.